The van der Waals surface area contributed by atoms with E-state index < -0.39 is 0 Å². The lowest BCUT2D eigenvalue weighted by atomic mass is 10.1. The van der Waals surface area contributed by atoms with Gasteiger partial charge in [-0.2, -0.15) is 0 Å². The molecule has 0 atom stereocenters. The van der Waals surface area contributed by atoms with E-state index in [4.69, 9.17) is 9.47 Å². The molecule has 0 spiro atoms. The Hall–Kier alpha value is -3.35. The highest BCUT2D eigenvalue weighted by Crippen LogP contribution is 2.30. The maximum Gasteiger partial charge on any atom is 0.261 e. The minimum absolute atomic E-state index is 0.0203. The van der Waals surface area contributed by atoms with Crippen LogP contribution in [0.15, 0.2) is 41.2 Å². The average molecular weight is 391 g/mol. The fourth-order valence-electron chi connectivity index (χ4n) is 3.89. The van der Waals surface area contributed by atoms with Gasteiger partial charge < -0.3 is 14.8 Å². The van der Waals surface area contributed by atoms with Crippen LogP contribution in [-0.2, 0) is 19.4 Å². The van der Waals surface area contributed by atoms with E-state index in [9.17, 15) is 9.59 Å². The van der Waals surface area contributed by atoms with Crippen LogP contribution in [0.4, 0.5) is 0 Å². The molecule has 0 bridgehead atoms. The Morgan fingerprint density at radius 3 is 2.86 bits per heavy atom. The van der Waals surface area contributed by atoms with Crippen LogP contribution in [-0.4, -0.2) is 35.2 Å². The quantitative estimate of drug-likeness (QED) is 0.736. The second-order valence-corrected chi connectivity index (χ2v) is 7.30. The molecule has 3 heterocycles. The molecule has 2 aliphatic heterocycles. The summed E-state index contributed by atoms with van der Waals surface area (Å²) in [6.45, 7) is 2.34. The van der Waals surface area contributed by atoms with Crippen molar-refractivity contribution in [2.45, 2.75) is 25.8 Å². The summed E-state index contributed by atoms with van der Waals surface area (Å²) in [5.74, 6) is 2.14. The summed E-state index contributed by atoms with van der Waals surface area (Å²) in [6.07, 6.45) is 2.42. The normalized spacial score (nSPS) is 14.6. The molecule has 0 saturated heterocycles. The molecule has 2 aromatic carbocycles. The first-order valence-electron chi connectivity index (χ1n) is 9.89. The smallest absolute Gasteiger partial charge is 0.261 e. The highest BCUT2D eigenvalue weighted by Gasteiger charge is 2.17. The number of fused-ring (bicyclic) bond motifs is 3. The van der Waals surface area contributed by atoms with Crippen molar-refractivity contribution >= 4 is 16.8 Å². The summed E-state index contributed by atoms with van der Waals surface area (Å²) in [4.78, 5) is 29.7. The molecule has 29 heavy (non-hydrogen) atoms. The molecular formula is C22H21N3O4. The maximum atomic E-state index is 12.6. The van der Waals surface area contributed by atoms with Crippen LogP contribution in [0.3, 0.4) is 0 Å². The molecule has 1 amide bonds. The fraction of sp³-hybridized carbons (Fsp3) is 0.318. The molecule has 1 aromatic heterocycles. The SMILES string of the molecule is O=C(NCCc1ccc2c(c1)OCCO2)c1ccc2c(=O)n3c(nc2c1)CCC3. The van der Waals surface area contributed by atoms with Crippen LogP contribution in [0.5, 0.6) is 11.5 Å². The summed E-state index contributed by atoms with van der Waals surface area (Å²) in [7, 11) is 0. The number of aryl methyl sites for hydroxylation is 1. The molecule has 0 fully saturated rings. The number of amides is 1. The standard InChI is InChI=1S/C22H21N3O4/c26-21(23-8-7-14-3-6-18-19(12-14)29-11-10-28-18)15-4-5-16-17(13-15)24-20-2-1-9-25(20)22(16)27/h3-6,12-13H,1-2,7-11H2,(H,23,26). The van der Waals surface area contributed by atoms with E-state index in [-0.39, 0.29) is 11.5 Å². The molecule has 2 aliphatic rings. The van der Waals surface area contributed by atoms with E-state index in [1.165, 1.54) is 0 Å². The number of benzene rings is 2. The Morgan fingerprint density at radius 2 is 1.97 bits per heavy atom. The number of carbonyl (C=O) groups is 1. The predicted molar refractivity (Wildman–Crippen MR) is 108 cm³/mol. The second-order valence-electron chi connectivity index (χ2n) is 7.30. The first-order valence-corrected chi connectivity index (χ1v) is 9.89. The predicted octanol–water partition coefficient (Wildman–Crippen LogP) is 2.09. The number of rotatable bonds is 4. The van der Waals surface area contributed by atoms with Crippen molar-refractivity contribution in [3.8, 4) is 11.5 Å². The number of hydrogen-bond donors (Lipinski definition) is 1. The van der Waals surface area contributed by atoms with E-state index >= 15 is 0 Å². The lowest BCUT2D eigenvalue weighted by Crippen LogP contribution is -2.26. The number of aromatic nitrogens is 2. The van der Waals surface area contributed by atoms with Gasteiger partial charge in [0.2, 0.25) is 0 Å². The molecule has 0 unspecified atom stereocenters. The van der Waals surface area contributed by atoms with Gasteiger partial charge in [-0.1, -0.05) is 6.07 Å². The summed E-state index contributed by atoms with van der Waals surface area (Å²) in [5.41, 5.74) is 2.14. The minimum atomic E-state index is -0.174. The lowest BCUT2D eigenvalue weighted by molar-refractivity contribution is 0.0954. The molecule has 1 N–H and O–H groups in total. The van der Waals surface area contributed by atoms with Crippen LogP contribution < -0.4 is 20.3 Å². The van der Waals surface area contributed by atoms with E-state index in [0.29, 0.717) is 42.6 Å². The average Bonchev–Trinajstić information content (AvgIpc) is 3.22. The zero-order valence-corrected chi connectivity index (χ0v) is 15.9. The third kappa shape index (κ3) is 3.33. The van der Waals surface area contributed by atoms with Crippen molar-refractivity contribution in [1.82, 2.24) is 14.9 Å². The Labute approximate surface area is 167 Å². The zero-order valence-electron chi connectivity index (χ0n) is 15.9. The zero-order chi connectivity index (χ0) is 19.8. The third-order valence-corrected chi connectivity index (χ3v) is 5.38. The van der Waals surface area contributed by atoms with Gasteiger partial charge in [-0.25, -0.2) is 4.98 Å². The summed E-state index contributed by atoms with van der Waals surface area (Å²) in [5, 5.41) is 3.50. The lowest BCUT2D eigenvalue weighted by Gasteiger charge is -2.18. The van der Waals surface area contributed by atoms with E-state index in [1.807, 2.05) is 18.2 Å². The van der Waals surface area contributed by atoms with Gasteiger partial charge in [0.05, 0.1) is 10.9 Å². The molecule has 0 radical (unpaired) electrons. The minimum Gasteiger partial charge on any atom is -0.486 e. The Morgan fingerprint density at radius 1 is 1.10 bits per heavy atom. The fourth-order valence-corrected chi connectivity index (χ4v) is 3.89. The number of ether oxygens (including phenoxy) is 2. The van der Waals surface area contributed by atoms with Gasteiger partial charge in [0.1, 0.15) is 19.0 Å². The summed E-state index contributed by atoms with van der Waals surface area (Å²) < 4.78 is 12.9. The van der Waals surface area contributed by atoms with Crippen molar-refractivity contribution in [3.05, 3.63) is 63.7 Å². The first-order chi connectivity index (χ1) is 14.2. The van der Waals surface area contributed by atoms with Gasteiger partial charge in [0.25, 0.3) is 11.5 Å². The van der Waals surface area contributed by atoms with Crippen molar-refractivity contribution < 1.29 is 14.3 Å². The van der Waals surface area contributed by atoms with Crippen LogP contribution in [0, 0.1) is 0 Å². The van der Waals surface area contributed by atoms with Crippen LogP contribution in [0.2, 0.25) is 0 Å². The van der Waals surface area contributed by atoms with Gasteiger partial charge >= 0.3 is 0 Å². The summed E-state index contributed by atoms with van der Waals surface area (Å²) in [6, 6.07) is 10.9. The van der Waals surface area contributed by atoms with E-state index in [0.717, 1.165) is 42.3 Å². The number of nitrogens with one attached hydrogen (secondary N) is 1. The van der Waals surface area contributed by atoms with Crippen molar-refractivity contribution in [2.75, 3.05) is 19.8 Å². The maximum absolute atomic E-state index is 12.6. The van der Waals surface area contributed by atoms with Gasteiger partial charge in [0, 0.05) is 25.1 Å². The number of carbonyl (C=O) groups excluding carboxylic acids is 1. The molecular weight excluding hydrogens is 370 g/mol. The highest BCUT2D eigenvalue weighted by atomic mass is 16.6. The van der Waals surface area contributed by atoms with Crippen molar-refractivity contribution in [1.29, 1.82) is 0 Å². The molecule has 7 heteroatoms. The summed E-state index contributed by atoms with van der Waals surface area (Å²) >= 11 is 0. The van der Waals surface area contributed by atoms with Crippen molar-refractivity contribution in [2.24, 2.45) is 0 Å². The molecule has 7 nitrogen and oxygen atoms in total. The van der Waals surface area contributed by atoms with Crippen LogP contribution >= 0.6 is 0 Å². The number of nitrogens with zero attached hydrogens (tertiary/aromatic N) is 2. The van der Waals surface area contributed by atoms with Gasteiger partial charge in [-0.3, -0.25) is 14.2 Å². The Balaban J connectivity index is 1.28. The van der Waals surface area contributed by atoms with Crippen LogP contribution in [0.1, 0.15) is 28.2 Å². The molecule has 3 aromatic rings. The topological polar surface area (TPSA) is 82.5 Å². The largest absolute Gasteiger partial charge is 0.486 e. The highest BCUT2D eigenvalue weighted by molar-refractivity contribution is 5.97. The molecule has 0 saturated carbocycles. The van der Waals surface area contributed by atoms with Gasteiger partial charge in [-0.15, -0.1) is 0 Å². The van der Waals surface area contributed by atoms with Crippen molar-refractivity contribution in [3.63, 3.8) is 0 Å². The van der Waals surface area contributed by atoms with Gasteiger partial charge in [0.15, 0.2) is 11.5 Å². The Bertz CT molecular complexity index is 1170. The molecule has 0 aliphatic carbocycles. The number of hydrogen-bond acceptors (Lipinski definition) is 5. The second kappa shape index (κ2) is 7.24. The van der Waals surface area contributed by atoms with E-state index in [2.05, 4.69) is 10.3 Å². The van der Waals surface area contributed by atoms with E-state index in [1.54, 1.807) is 22.8 Å². The first kappa shape index (κ1) is 17.7. The monoisotopic (exact) mass is 391 g/mol. The molecule has 5 rings (SSSR count). The molecule has 148 valence electrons. The van der Waals surface area contributed by atoms with Gasteiger partial charge in [-0.05, 0) is 48.7 Å². The third-order valence-electron chi connectivity index (χ3n) is 5.38. The Kier molecular flexibility index (Phi) is 4.42. The van der Waals surface area contributed by atoms with Crippen LogP contribution in [0.25, 0.3) is 10.9 Å².